The lowest BCUT2D eigenvalue weighted by Crippen LogP contribution is -2.31. The second-order valence-electron chi connectivity index (χ2n) is 6.99. The molecule has 0 aromatic heterocycles. The van der Waals surface area contributed by atoms with Gasteiger partial charge in [-0.3, -0.25) is 9.59 Å². The third-order valence-electron chi connectivity index (χ3n) is 5.39. The van der Waals surface area contributed by atoms with Gasteiger partial charge in [0.15, 0.2) is 18.1 Å². The zero-order chi connectivity index (χ0) is 18.9. The fourth-order valence-electron chi connectivity index (χ4n) is 4.04. The minimum atomic E-state index is -0.427. The number of nitrogens with one attached hydrogen (secondary N) is 2. The largest absolute Gasteiger partial charge is 0.493 e. The normalized spacial score (nSPS) is 16.7. The molecule has 2 N–H and O–H groups in total. The molecule has 1 fully saturated rings. The number of anilines is 2. The second kappa shape index (κ2) is 6.95. The number of hydrogen-bond donors (Lipinski definition) is 2. The maximum Gasteiger partial charge on any atom is 0.262 e. The monoisotopic (exact) mass is 366 g/mol. The van der Waals surface area contributed by atoms with Crippen molar-refractivity contribution in [3.8, 4) is 11.5 Å². The minimum absolute atomic E-state index is 0.0815. The van der Waals surface area contributed by atoms with E-state index in [-0.39, 0.29) is 18.4 Å². The van der Waals surface area contributed by atoms with Crippen LogP contribution in [0.25, 0.3) is 0 Å². The number of fused-ring (bicyclic) bond motifs is 2. The molecule has 140 valence electrons. The zero-order valence-electron chi connectivity index (χ0n) is 15.2. The van der Waals surface area contributed by atoms with Gasteiger partial charge >= 0.3 is 0 Å². The van der Waals surface area contributed by atoms with Gasteiger partial charge in [0.05, 0.1) is 12.5 Å². The molecule has 2 amide bonds. The van der Waals surface area contributed by atoms with Crippen LogP contribution in [0, 0.1) is 0 Å². The van der Waals surface area contributed by atoms with Crippen LogP contribution in [0.1, 0.15) is 31.2 Å². The molecule has 1 aliphatic heterocycles. The predicted molar refractivity (Wildman–Crippen MR) is 102 cm³/mol. The van der Waals surface area contributed by atoms with E-state index in [1.807, 2.05) is 24.3 Å². The highest BCUT2D eigenvalue weighted by Crippen LogP contribution is 2.49. The molecule has 0 bridgehead atoms. The number of rotatable bonds is 5. The molecule has 0 radical (unpaired) electrons. The summed E-state index contributed by atoms with van der Waals surface area (Å²) in [6.07, 6.45) is 3.83. The van der Waals surface area contributed by atoms with E-state index in [2.05, 4.69) is 10.6 Å². The molecule has 0 unspecified atom stereocenters. The zero-order valence-corrected chi connectivity index (χ0v) is 15.2. The van der Waals surface area contributed by atoms with Crippen molar-refractivity contribution < 1.29 is 19.1 Å². The van der Waals surface area contributed by atoms with E-state index in [4.69, 9.17) is 9.47 Å². The Morgan fingerprint density at radius 1 is 1.15 bits per heavy atom. The van der Waals surface area contributed by atoms with Gasteiger partial charge in [-0.25, -0.2) is 0 Å². The summed E-state index contributed by atoms with van der Waals surface area (Å²) in [4.78, 5) is 24.8. The van der Waals surface area contributed by atoms with E-state index in [1.54, 1.807) is 25.3 Å². The van der Waals surface area contributed by atoms with Crippen molar-refractivity contribution in [2.24, 2.45) is 0 Å². The summed E-state index contributed by atoms with van der Waals surface area (Å²) < 4.78 is 10.8. The Kier molecular flexibility index (Phi) is 4.48. The first-order chi connectivity index (χ1) is 13.1. The van der Waals surface area contributed by atoms with Crippen LogP contribution >= 0.6 is 0 Å². The van der Waals surface area contributed by atoms with E-state index >= 15 is 0 Å². The van der Waals surface area contributed by atoms with Crippen molar-refractivity contribution in [3.63, 3.8) is 0 Å². The summed E-state index contributed by atoms with van der Waals surface area (Å²) in [5.41, 5.74) is 2.09. The minimum Gasteiger partial charge on any atom is -0.493 e. The Bertz CT molecular complexity index is 888. The van der Waals surface area contributed by atoms with Crippen molar-refractivity contribution >= 4 is 23.2 Å². The van der Waals surface area contributed by atoms with Gasteiger partial charge in [0, 0.05) is 11.4 Å². The molecule has 2 aromatic rings. The SMILES string of the molecule is COc1ccccc1OCC(=O)Nc1ccc2c(c1)C1(CCCC1)C(=O)N2. The Balaban J connectivity index is 1.45. The first-order valence-corrected chi connectivity index (χ1v) is 9.14. The molecule has 2 aliphatic rings. The van der Waals surface area contributed by atoms with Crippen molar-refractivity contribution in [1.29, 1.82) is 0 Å². The van der Waals surface area contributed by atoms with Crippen LogP contribution in [0.5, 0.6) is 11.5 Å². The third kappa shape index (κ3) is 3.12. The van der Waals surface area contributed by atoms with Crippen LogP contribution < -0.4 is 20.1 Å². The molecule has 1 heterocycles. The van der Waals surface area contributed by atoms with E-state index in [1.165, 1.54) is 0 Å². The van der Waals surface area contributed by atoms with Gasteiger partial charge < -0.3 is 20.1 Å². The molecule has 1 aliphatic carbocycles. The fraction of sp³-hybridized carbons (Fsp3) is 0.333. The van der Waals surface area contributed by atoms with Gasteiger partial charge in [-0.2, -0.15) is 0 Å². The number of carbonyl (C=O) groups is 2. The lowest BCUT2D eigenvalue weighted by molar-refractivity contribution is -0.120. The summed E-state index contributed by atoms with van der Waals surface area (Å²) in [7, 11) is 1.56. The molecule has 1 spiro atoms. The molecule has 6 heteroatoms. The molecule has 6 nitrogen and oxygen atoms in total. The van der Waals surface area contributed by atoms with Crippen LogP contribution in [0.15, 0.2) is 42.5 Å². The van der Waals surface area contributed by atoms with Gasteiger partial charge in [0.1, 0.15) is 0 Å². The van der Waals surface area contributed by atoms with Gasteiger partial charge in [0.2, 0.25) is 5.91 Å². The fourth-order valence-corrected chi connectivity index (χ4v) is 4.04. The highest BCUT2D eigenvalue weighted by molar-refractivity contribution is 6.07. The first-order valence-electron chi connectivity index (χ1n) is 9.14. The van der Waals surface area contributed by atoms with Gasteiger partial charge in [-0.1, -0.05) is 25.0 Å². The topological polar surface area (TPSA) is 76.7 Å². The van der Waals surface area contributed by atoms with E-state index < -0.39 is 5.41 Å². The lowest BCUT2D eigenvalue weighted by Gasteiger charge is -2.21. The van der Waals surface area contributed by atoms with Gasteiger partial charge in [0.25, 0.3) is 5.91 Å². The molecule has 0 saturated heterocycles. The molecular formula is C21H22N2O4. The van der Waals surface area contributed by atoms with Gasteiger partial charge in [-0.05, 0) is 48.7 Å². The lowest BCUT2D eigenvalue weighted by atomic mass is 9.80. The number of ether oxygens (including phenoxy) is 2. The number of amides is 2. The van der Waals surface area contributed by atoms with Crippen LogP contribution in [0.2, 0.25) is 0 Å². The van der Waals surface area contributed by atoms with Crippen molar-refractivity contribution in [1.82, 2.24) is 0 Å². The Labute approximate surface area is 157 Å². The molecular weight excluding hydrogens is 344 g/mol. The second-order valence-corrected chi connectivity index (χ2v) is 6.99. The molecule has 27 heavy (non-hydrogen) atoms. The average molecular weight is 366 g/mol. The maximum absolute atomic E-state index is 12.5. The standard InChI is InChI=1S/C21H22N2O4/c1-26-17-6-2-3-7-18(17)27-13-19(24)22-14-8-9-16-15(12-14)21(20(25)23-16)10-4-5-11-21/h2-3,6-9,12H,4-5,10-11,13H2,1H3,(H,22,24)(H,23,25). The maximum atomic E-state index is 12.5. The van der Waals surface area contributed by atoms with Crippen LogP contribution in [0.3, 0.4) is 0 Å². The Hall–Kier alpha value is -3.02. The predicted octanol–water partition coefficient (Wildman–Crippen LogP) is 3.48. The van der Waals surface area contributed by atoms with Crippen LogP contribution in [-0.2, 0) is 15.0 Å². The molecule has 1 saturated carbocycles. The van der Waals surface area contributed by atoms with Crippen LogP contribution in [0.4, 0.5) is 11.4 Å². The highest BCUT2D eigenvalue weighted by atomic mass is 16.5. The van der Waals surface area contributed by atoms with Crippen molar-refractivity contribution in [3.05, 3.63) is 48.0 Å². The first kappa shape index (κ1) is 17.4. The average Bonchev–Trinajstić information content (AvgIpc) is 3.28. The van der Waals surface area contributed by atoms with E-state index in [0.717, 1.165) is 36.9 Å². The third-order valence-corrected chi connectivity index (χ3v) is 5.39. The van der Waals surface area contributed by atoms with E-state index in [9.17, 15) is 9.59 Å². The van der Waals surface area contributed by atoms with Crippen molar-refractivity contribution in [2.45, 2.75) is 31.1 Å². The smallest absolute Gasteiger partial charge is 0.262 e. The summed E-state index contributed by atoms with van der Waals surface area (Å²) in [5.74, 6) is 0.913. The van der Waals surface area contributed by atoms with Crippen molar-refractivity contribution in [2.75, 3.05) is 24.4 Å². The Morgan fingerprint density at radius 2 is 1.89 bits per heavy atom. The van der Waals surface area contributed by atoms with E-state index in [0.29, 0.717) is 17.2 Å². The highest BCUT2D eigenvalue weighted by Gasteiger charge is 2.48. The molecule has 2 aromatic carbocycles. The number of benzene rings is 2. The number of hydrogen-bond acceptors (Lipinski definition) is 4. The summed E-state index contributed by atoms with van der Waals surface area (Å²) in [6, 6.07) is 12.8. The Morgan fingerprint density at radius 3 is 2.63 bits per heavy atom. The summed E-state index contributed by atoms with van der Waals surface area (Å²) in [6.45, 7) is -0.125. The summed E-state index contributed by atoms with van der Waals surface area (Å²) in [5, 5.41) is 5.84. The molecule has 4 rings (SSSR count). The number of methoxy groups -OCH3 is 1. The van der Waals surface area contributed by atoms with Gasteiger partial charge in [-0.15, -0.1) is 0 Å². The molecule has 0 atom stereocenters. The number of para-hydroxylation sites is 2. The quantitative estimate of drug-likeness (QED) is 0.849. The number of carbonyl (C=O) groups excluding carboxylic acids is 2. The van der Waals surface area contributed by atoms with Crippen LogP contribution in [-0.4, -0.2) is 25.5 Å². The summed E-state index contributed by atoms with van der Waals surface area (Å²) >= 11 is 0.